The van der Waals surface area contributed by atoms with Crippen molar-refractivity contribution in [2.45, 2.75) is 50.0 Å². The lowest BCUT2D eigenvalue weighted by Crippen LogP contribution is -2.38. The Hall–Kier alpha value is -2.92. The van der Waals surface area contributed by atoms with Crippen LogP contribution in [0, 0.1) is 0 Å². The van der Waals surface area contributed by atoms with Crippen LogP contribution < -0.4 is 0 Å². The number of hydrogen-bond donors (Lipinski definition) is 0. The van der Waals surface area contributed by atoms with Gasteiger partial charge in [0.25, 0.3) is 5.91 Å². The zero-order valence-corrected chi connectivity index (χ0v) is 21.1. The standard InChI is InChI=1S/C26H29F3N4O3S/c27-26(28,29)24-23(25(34)31-12-5-2-6-13-31)22-17-21(11-16-33(22)30-24)20-9-14-32(15-10-20)37(35,36)18-19-7-3-1-4-8-19/h1,3-4,7-8,11,16-17,20H,2,5-6,9-10,12-15,18H2. The number of benzene rings is 1. The number of aromatic nitrogens is 2. The number of sulfonamides is 1. The number of rotatable bonds is 5. The van der Waals surface area contributed by atoms with Crippen LogP contribution in [0.3, 0.4) is 0 Å². The Labute approximate surface area is 213 Å². The highest BCUT2D eigenvalue weighted by atomic mass is 32.2. The van der Waals surface area contributed by atoms with E-state index in [-0.39, 0.29) is 17.2 Å². The van der Waals surface area contributed by atoms with Crippen molar-refractivity contribution in [1.82, 2.24) is 18.8 Å². The minimum absolute atomic E-state index is 0.0321. The van der Waals surface area contributed by atoms with Crippen LogP contribution in [-0.2, 0) is 22.0 Å². The van der Waals surface area contributed by atoms with Crippen LogP contribution >= 0.6 is 0 Å². The summed E-state index contributed by atoms with van der Waals surface area (Å²) in [5.41, 5.74) is 0.0804. The maximum Gasteiger partial charge on any atom is 0.436 e. The molecule has 2 saturated heterocycles. The van der Waals surface area contributed by atoms with E-state index in [9.17, 15) is 26.4 Å². The van der Waals surface area contributed by atoms with Gasteiger partial charge in [-0.3, -0.25) is 4.79 Å². The predicted molar refractivity (Wildman–Crippen MR) is 133 cm³/mol. The van der Waals surface area contributed by atoms with E-state index in [0.29, 0.717) is 39.0 Å². The number of likely N-dealkylation sites (tertiary alicyclic amines) is 1. The second-order valence-corrected chi connectivity index (χ2v) is 11.7. The molecule has 2 fully saturated rings. The third-order valence-electron chi connectivity index (χ3n) is 7.30. The molecule has 0 atom stereocenters. The molecule has 2 aliphatic rings. The molecule has 1 amide bonds. The number of halogens is 3. The van der Waals surface area contributed by atoms with E-state index in [2.05, 4.69) is 5.10 Å². The van der Waals surface area contributed by atoms with Gasteiger partial charge >= 0.3 is 6.18 Å². The van der Waals surface area contributed by atoms with Gasteiger partial charge in [-0.15, -0.1) is 0 Å². The summed E-state index contributed by atoms with van der Waals surface area (Å²) in [5, 5.41) is 3.73. The van der Waals surface area contributed by atoms with Gasteiger partial charge in [0, 0.05) is 32.4 Å². The molecule has 11 heteroatoms. The van der Waals surface area contributed by atoms with Crippen molar-refractivity contribution in [3.05, 3.63) is 71.0 Å². The zero-order valence-electron chi connectivity index (χ0n) is 20.3. The minimum Gasteiger partial charge on any atom is -0.339 e. The molecular weight excluding hydrogens is 505 g/mol. The van der Waals surface area contributed by atoms with E-state index in [1.807, 2.05) is 6.07 Å². The molecule has 7 nitrogen and oxygen atoms in total. The van der Waals surface area contributed by atoms with Crippen molar-refractivity contribution in [3.63, 3.8) is 0 Å². The van der Waals surface area contributed by atoms with Crippen molar-refractivity contribution in [2.75, 3.05) is 26.2 Å². The molecule has 0 unspecified atom stereocenters. The third kappa shape index (κ3) is 5.38. The summed E-state index contributed by atoms with van der Waals surface area (Å²) in [6.45, 7) is 1.53. The number of fused-ring (bicyclic) bond motifs is 1. The highest BCUT2D eigenvalue weighted by Crippen LogP contribution is 2.36. The molecular formula is C26H29F3N4O3S. The fourth-order valence-corrected chi connectivity index (χ4v) is 6.89. The lowest BCUT2D eigenvalue weighted by atomic mass is 9.90. The summed E-state index contributed by atoms with van der Waals surface area (Å²) in [6.07, 6.45) is 0.276. The van der Waals surface area contributed by atoms with Crippen LogP contribution in [0.25, 0.3) is 5.52 Å². The van der Waals surface area contributed by atoms with Crippen LogP contribution in [0.1, 0.15) is 65.2 Å². The van der Waals surface area contributed by atoms with E-state index in [1.54, 1.807) is 36.4 Å². The Morgan fingerprint density at radius 3 is 2.30 bits per heavy atom. The lowest BCUT2D eigenvalue weighted by molar-refractivity contribution is -0.141. The molecule has 1 aromatic carbocycles. The first-order valence-electron chi connectivity index (χ1n) is 12.5. The molecule has 0 spiro atoms. The number of alkyl halides is 3. The van der Waals surface area contributed by atoms with Crippen molar-refractivity contribution in [2.24, 2.45) is 0 Å². The van der Waals surface area contributed by atoms with Gasteiger partial charge in [0.15, 0.2) is 5.69 Å². The van der Waals surface area contributed by atoms with Crippen molar-refractivity contribution < 1.29 is 26.4 Å². The molecule has 2 aliphatic heterocycles. The first kappa shape index (κ1) is 25.7. The second-order valence-electron chi connectivity index (χ2n) is 9.78. The molecule has 0 saturated carbocycles. The fourth-order valence-electron chi connectivity index (χ4n) is 5.32. The zero-order chi connectivity index (χ0) is 26.2. The van der Waals surface area contributed by atoms with Gasteiger partial charge in [0.2, 0.25) is 10.0 Å². The number of carbonyl (C=O) groups is 1. The largest absolute Gasteiger partial charge is 0.436 e. The Kier molecular flexibility index (Phi) is 7.01. The number of hydrogen-bond acceptors (Lipinski definition) is 4. The van der Waals surface area contributed by atoms with Gasteiger partial charge < -0.3 is 4.90 Å². The van der Waals surface area contributed by atoms with Crippen LogP contribution in [0.4, 0.5) is 13.2 Å². The van der Waals surface area contributed by atoms with E-state index in [0.717, 1.165) is 34.9 Å². The SMILES string of the molecule is O=C(c1c(C(F)(F)F)nn2ccc(C3CCN(S(=O)(=O)Cc4ccccc4)CC3)cc12)N1CCCCC1. The first-order valence-corrected chi connectivity index (χ1v) is 14.1. The predicted octanol–water partition coefficient (Wildman–Crippen LogP) is 4.69. The average Bonchev–Trinajstić information content (AvgIpc) is 3.29. The Balaban J connectivity index is 1.38. The minimum atomic E-state index is -4.76. The van der Waals surface area contributed by atoms with E-state index in [4.69, 9.17) is 0 Å². The number of carbonyl (C=O) groups excluding carboxylic acids is 1. The van der Waals surface area contributed by atoms with Crippen molar-refractivity contribution in [3.8, 4) is 0 Å². The molecule has 37 heavy (non-hydrogen) atoms. The maximum absolute atomic E-state index is 13.9. The molecule has 2 aromatic heterocycles. The number of piperidine rings is 2. The molecule has 0 N–H and O–H groups in total. The summed E-state index contributed by atoms with van der Waals surface area (Å²) in [5.74, 6) is -0.737. The van der Waals surface area contributed by atoms with Gasteiger partial charge in [0.1, 0.15) is 0 Å². The monoisotopic (exact) mass is 534 g/mol. The molecule has 198 valence electrons. The normalized spacial score (nSPS) is 18.4. The van der Waals surface area contributed by atoms with Crippen molar-refractivity contribution in [1.29, 1.82) is 0 Å². The Bertz CT molecular complexity index is 1380. The van der Waals surface area contributed by atoms with Gasteiger partial charge in [-0.05, 0) is 61.3 Å². The van der Waals surface area contributed by atoms with Gasteiger partial charge in [-0.1, -0.05) is 30.3 Å². The van der Waals surface area contributed by atoms with E-state index >= 15 is 0 Å². The van der Waals surface area contributed by atoms with E-state index < -0.39 is 33.4 Å². The topological polar surface area (TPSA) is 75.0 Å². The maximum atomic E-state index is 13.9. The molecule has 0 bridgehead atoms. The molecule has 4 heterocycles. The van der Waals surface area contributed by atoms with Crippen LogP contribution in [0.15, 0.2) is 48.7 Å². The fraction of sp³-hybridized carbons (Fsp3) is 0.462. The average molecular weight is 535 g/mol. The van der Waals surface area contributed by atoms with Crippen LogP contribution in [-0.4, -0.2) is 59.3 Å². The highest BCUT2D eigenvalue weighted by molar-refractivity contribution is 7.88. The molecule has 0 aliphatic carbocycles. The number of amides is 1. The molecule has 0 radical (unpaired) electrons. The van der Waals surface area contributed by atoms with Crippen LogP contribution in [0.2, 0.25) is 0 Å². The summed E-state index contributed by atoms with van der Waals surface area (Å²) in [7, 11) is -3.48. The Morgan fingerprint density at radius 1 is 0.973 bits per heavy atom. The van der Waals surface area contributed by atoms with Gasteiger partial charge in [-0.25, -0.2) is 17.2 Å². The highest BCUT2D eigenvalue weighted by Gasteiger charge is 2.41. The number of pyridine rings is 1. The smallest absolute Gasteiger partial charge is 0.339 e. The summed E-state index contributed by atoms with van der Waals surface area (Å²) in [6, 6.07) is 12.3. The van der Waals surface area contributed by atoms with Crippen LogP contribution in [0.5, 0.6) is 0 Å². The third-order valence-corrected chi connectivity index (χ3v) is 9.15. The summed E-state index contributed by atoms with van der Waals surface area (Å²) in [4.78, 5) is 14.7. The van der Waals surface area contributed by atoms with Gasteiger partial charge in [-0.2, -0.15) is 18.3 Å². The van der Waals surface area contributed by atoms with Gasteiger partial charge in [0.05, 0.1) is 16.8 Å². The number of nitrogens with zero attached hydrogens (tertiary/aromatic N) is 4. The quantitative estimate of drug-likeness (QED) is 0.476. The molecule has 5 rings (SSSR count). The summed E-state index contributed by atoms with van der Waals surface area (Å²) >= 11 is 0. The summed E-state index contributed by atoms with van der Waals surface area (Å²) < 4.78 is 70.0. The van der Waals surface area contributed by atoms with Crippen molar-refractivity contribution >= 4 is 21.4 Å². The second kappa shape index (κ2) is 10.1. The molecule has 3 aromatic rings. The van der Waals surface area contributed by atoms with E-state index in [1.165, 1.54) is 15.4 Å². The first-order chi connectivity index (χ1) is 17.6. The Morgan fingerprint density at radius 2 is 1.65 bits per heavy atom. The lowest BCUT2D eigenvalue weighted by Gasteiger charge is -2.31.